The lowest BCUT2D eigenvalue weighted by atomic mass is 9.90. The van der Waals surface area contributed by atoms with Crippen LogP contribution in [0.1, 0.15) is 49.7 Å². The van der Waals surface area contributed by atoms with Crippen LogP contribution in [0.5, 0.6) is 0 Å². The lowest BCUT2D eigenvalue weighted by molar-refractivity contribution is -0.138. The van der Waals surface area contributed by atoms with E-state index in [2.05, 4.69) is 37.1 Å². The number of benzene rings is 2. The minimum absolute atomic E-state index is 0.0542. The van der Waals surface area contributed by atoms with E-state index in [4.69, 9.17) is 4.84 Å². The molecule has 4 amide bonds. The summed E-state index contributed by atoms with van der Waals surface area (Å²) >= 11 is 0. The van der Waals surface area contributed by atoms with Gasteiger partial charge in [0.05, 0.1) is 11.7 Å². The van der Waals surface area contributed by atoms with Crippen LogP contribution in [0.2, 0.25) is 0 Å². The van der Waals surface area contributed by atoms with Crippen molar-refractivity contribution < 1.29 is 19.2 Å². The van der Waals surface area contributed by atoms with Crippen LogP contribution in [0, 0.1) is 0 Å². The summed E-state index contributed by atoms with van der Waals surface area (Å²) in [5.74, 6) is -0.385. The van der Waals surface area contributed by atoms with Crippen LogP contribution in [0.15, 0.2) is 48.7 Å². The van der Waals surface area contributed by atoms with Gasteiger partial charge >= 0.3 is 12.1 Å². The zero-order chi connectivity index (χ0) is 33.0. The number of aromatic nitrogens is 2. The van der Waals surface area contributed by atoms with Crippen molar-refractivity contribution in [1.82, 2.24) is 40.6 Å². The Balaban J connectivity index is 0.976. The predicted molar refractivity (Wildman–Crippen MR) is 182 cm³/mol. The predicted octanol–water partition coefficient (Wildman–Crippen LogP) is 3.13. The number of piperazine rings is 1. The maximum absolute atomic E-state index is 14.2. The van der Waals surface area contributed by atoms with E-state index in [9.17, 15) is 14.4 Å². The first-order valence-electron chi connectivity index (χ1n) is 17.5. The molecule has 0 saturated carbocycles. The first-order valence-corrected chi connectivity index (χ1v) is 17.5. The minimum atomic E-state index is -0.794. The molecular weight excluding hydrogens is 610 g/mol. The number of rotatable bonds is 7. The molecule has 4 N–H and O–H groups in total. The number of likely N-dealkylation sites (tertiary alicyclic amines) is 1. The molecule has 3 aromatic rings. The van der Waals surface area contributed by atoms with Gasteiger partial charge in [-0.3, -0.25) is 14.8 Å². The number of nitrogens with zero attached hydrogens (tertiary/aromatic N) is 5. The van der Waals surface area contributed by atoms with E-state index in [-0.39, 0.29) is 23.9 Å². The molecule has 4 aliphatic heterocycles. The first kappa shape index (κ1) is 32.4. The molecule has 13 nitrogen and oxygen atoms in total. The van der Waals surface area contributed by atoms with Crippen LogP contribution >= 0.6 is 0 Å². The maximum atomic E-state index is 14.2. The average Bonchev–Trinajstić information content (AvgIpc) is 3.53. The fraction of sp³-hybridized carbons (Fsp3) is 0.543. The highest BCUT2D eigenvalue weighted by molar-refractivity contribution is 5.91. The third-order valence-electron chi connectivity index (χ3n) is 10.7. The number of H-pyrrole nitrogens is 1. The van der Waals surface area contributed by atoms with Gasteiger partial charge in [0.25, 0.3) is 0 Å². The molecule has 2 aromatic carbocycles. The van der Waals surface area contributed by atoms with Crippen molar-refractivity contribution in [2.24, 2.45) is 0 Å². The van der Waals surface area contributed by atoms with Gasteiger partial charge in [0.2, 0.25) is 5.91 Å². The molecule has 256 valence electrons. The lowest BCUT2D eigenvalue weighted by Gasteiger charge is -2.41. The van der Waals surface area contributed by atoms with Gasteiger partial charge in [0.15, 0.2) is 0 Å². The highest BCUT2D eigenvalue weighted by Gasteiger charge is 2.37. The Morgan fingerprint density at radius 1 is 0.938 bits per heavy atom. The molecule has 0 radical (unpaired) electrons. The lowest BCUT2D eigenvalue weighted by Crippen LogP contribution is -2.57. The molecule has 4 aliphatic rings. The molecule has 3 fully saturated rings. The van der Waals surface area contributed by atoms with Gasteiger partial charge in [-0.15, -0.1) is 5.06 Å². The first-order chi connectivity index (χ1) is 23.4. The summed E-state index contributed by atoms with van der Waals surface area (Å²) in [5, 5.41) is 19.2. The number of nitrogens with one attached hydrogen (secondary N) is 4. The van der Waals surface area contributed by atoms with Gasteiger partial charge in [0, 0.05) is 88.0 Å². The number of amides is 4. The topological polar surface area (TPSA) is 138 Å². The Morgan fingerprint density at radius 2 is 1.69 bits per heavy atom. The number of hydrogen-bond donors (Lipinski definition) is 4. The van der Waals surface area contributed by atoms with Crippen LogP contribution in [0.3, 0.4) is 0 Å². The summed E-state index contributed by atoms with van der Waals surface area (Å²) in [5.41, 5.74) is 3.87. The fourth-order valence-electron chi connectivity index (χ4n) is 7.79. The van der Waals surface area contributed by atoms with Crippen LogP contribution in [-0.4, -0.2) is 125 Å². The van der Waals surface area contributed by atoms with Crippen LogP contribution in [0.4, 0.5) is 15.3 Å². The Morgan fingerprint density at radius 3 is 2.48 bits per heavy atom. The van der Waals surface area contributed by atoms with Crippen molar-refractivity contribution in [3.63, 3.8) is 0 Å². The van der Waals surface area contributed by atoms with Crippen molar-refractivity contribution in [3.05, 3.63) is 59.8 Å². The molecule has 0 aliphatic carbocycles. The normalized spacial score (nSPS) is 21.6. The molecule has 2 unspecified atom stereocenters. The average molecular weight is 658 g/mol. The third-order valence-corrected chi connectivity index (χ3v) is 10.7. The third kappa shape index (κ3) is 7.13. The van der Waals surface area contributed by atoms with Crippen LogP contribution in [-0.2, 0) is 16.1 Å². The zero-order valence-corrected chi connectivity index (χ0v) is 27.7. The monoisotopic (exact) mass is 657 g/mol. The minimum Gasteiger partial charge on any atom is -0.351 e. The Hall–Kier alpha value is -4.20. The second-order valence-electron chi connectivity index (χ2n) is 13.5. The summed E-state index contributed by atoms with van der Waals surface area (Å²) in [6.45, 7) is 9.05. The van der Waals surface area contributed by atoms with Gasteiger partial charge in [-0.05, 0) is 61.4 Å². The number of hydroxylamine groups is 2. The number of aromatic amines is 1. The van der Waals surface area contributed by atoms with Crippen molar-refractivity contribution in [3.8, 4) is 0 Å². The number of fused-ring (bicyclic) bond motifs is 2. The van der Waals surface area contributed by atoms with E-state index in [1.54, 1.807) is 11.3 Å². The van der Waals surface area contributed by atoms with E-state index in [0.717, 1.165) is 73.2 Å². The molecule has 13 heteroatoms. The summed E-state index contributed by atoms with van der Waals surface area (Å²) in [4.78, 5) is 52.8. The van der Waals surface area contributed by atoms with E-state index in [0.29, 0.717) is 51.6 Å². The second-order valence-corrected chi connectivity index (χ2v) is 13.5. The highest BCUT2D eigenvalue weighted by atomic mass is 16.7. The molecule has 0 spiro atoms. The molecule has 0 bridgehead atoms. The Kier molecular flexibility index (Phi) is 9.78. The number of carbonyl (C=O) groups excluding carboxylic acids is 3. The van der Waals surface area contributed by atoms with Crippen molar-refractivity contribution in [2.45, 2.75) is 63.1 Å². The Labute approximate surface area is 281 Å². The van der Waals surface area contributed by atoms with Crippen molar-refractivity contribution >= 4 is 34.6 Å². The van der Waals surface area contributed by atoms with Crippen LogP contribution in [0.25, 0.3) is 10.9 Å². The number of anilines is 1. The van der Waals surface area contributed by atoms with E-state index >= 15 is 0 Å². The fourth-order valence-corrected chi connectivity index (χ4v) is 7.79. The second kappa shape index (κ2) is 14.5. The summed E-state index contributed by atoms with van der Waals surface area (Å²) in [6, 6.07) is 13.5. The van der Waals surface area contributed by atoms with E-state index in [1.807, 2.05) is 53.1 Å². The zero-order valence-electron chi connectivity index (χ0n) is 27.7. The van der Waals surface area contributed by atoms with E-state index < -0.39 is 12.1 Å². The van der Waals surface area contributed by atoms with Crippen molar-refractivity contribution in [1.29, 1.82) is 0 Å². The number of piperidine rings is 2. The SMILES string of the molecule is CC(c1ccc2[nH]ncc2c1)C(NC(=O)ON1CCC(N2CCc3ccccc3NC2=O)CC1)C(=O)N1CCC(N2CCNCC2)CC1. The quantitative estimate of drug-likeness (QED) is 0.304. The molecule has 2 atom stereocenters. The Bertz CT molecular complexity index is 1590. The van der Waals surface area contributed by atoms with Gasteiger partial charge in [0.1, 0.15) is 6.04 Å². The van der Waals surface area contributed by atoms with Gasteiger partial charge in [-0.1, -0.05) is 31.2 Å². The highest BCUT2D eigenvalue weighted by Crippen LogP contribution is 2.28. The summed E-state index contributed by atoms with van der Waals surface area (Å²) in [6.07, 6.45) is 5.14. The smallest absolute Gasteiger partial charge is 0.351 e. The number of urea groups is 1. The molecule has 5 heterocycles. The molecular formula is C35H47N9O4. The molecule has 48 heavy (non-hydrogen) atoms. The standard InChI is InChI=1S/C35H47N9O4/c1-24(26-6-7-31-27(22-26)23-37-40-31)32(33(45)42-15-9-28(10-16-42)41-20-13-36-14-21-41)39-35(47)48-43-17-11-29(12-18-43)44-19-8-25-4-2-3-5-30(25)38-34(44)46/h2-7,22-24,28-29,32,36H,8-21H2,1H3,(H,37,40)(H,38,46)(H,39,47). The summed E-state index contributed by atoms with van der Waals surface area (Å²) in [7, 11) is 0. The van der Waals surface area contributed by atoms with Crippen LogP contribution < -0.4 is 16.0 Å². The van der Waals surface area contributed by atoms with Gasteiger partial charge < -0.3 is 30.6 Å². The molecule has 1 aromatic heterocycles. The van der Waals surface area contributed by atoms with E-state index in [1.165, 1.54) is 0 Å². The molecule has 3 saturated heterocycles. The largest absolute Gasteiger partial charge is 0.426 e. The van der Waals surface area contributed by atoms with Crippen molar-refractivity contribution in [2.75, 3.05) is 64.2 Å². The number of hydrogen-bond acceptors (Lipinski definition) is 8. The van der Waals surface area contributed by atoms with Gasteiger partial charge in [-0.2, -0.15) is 5.10 Å². The molecule has 7 rings (SSSR count). The maximum Gasteiger partial charge on any atom is 0.426 e. The van der Waals surface area contributed by atoms with Gasteiger partial charge in [-0.25, -0.2) is 9.59 Å². The number of carbonyl (C=O) groups is 3. The number of para-hydroxylation sites is 1. The summed E-state index contributed by atoms with van der Waals surface area (Å²) < 4.78 is 0.